The number of aliphatic hydroxyl groups excluding tert-OH is 1. The van der Waals surface area contributed by atoms with Gasteiger partial charge in [-0.3, -0.25) is 0 Å². The summed E-state index contributed by atoms with van der Waals surface area (Å²) in [5.74, 6) is 1.34. The van der Waals surface area contributed by atoms with E-state index in [1.807, 2.05) is 19.1 Å². The fourth-order valence-corrected chi connectivity index (χ4v) is 2.04. The third kappa shape index (κ3) is 3.82. The lowest BCUT2D eigenvalue weighted by Gasteiger charge is -2.20. The molecule has 0 fully saturated rings. The molecule has 0 radical (unpaired) electrons. The second-order valence-corrected chi connectivity index (χ2v) is 6.44. The maximum atomic E-state index is 9.47. The molecule has 0 saturated carbocycles. The summed E-state index contributed by atoms with van der Waals surface area (Å²) < 4.78 is 5.82. The van der Waals surface area contributed by atoms with Crippen molar-refractivity contribution >= 4 is 0 Å². The Bertz CT molecular complexity index is 610. The summed E-state index contributed by atoms with van der Waals surface area (Å²) in [6, 6.07) is 9.83. The Kier molecular flexibility index (Phi) is 4.33. The molecule has 0 amide bonds. The van der Waals surface area contributed by atoms with Crippen molar-refractivity contribution in [3.63, 3.8) is 0 Å². The number of ether oxygens (including phenoxy) is 1. The first-order valence-corrected chi connectivity index (χ1v) is 7.20. The van der Waals surface area contributed by atoms with Gasteiger partial charge < -0.3 is 9.84 Å². The highest BCUT2D eigenvalue weighted by atomic mass is 16.5. The molecule has 1 aromatic heterocycles. The topological polar surface area (TPSA) is 42.4 Å². The van der Waals surface area contributed by atoms with Crippen LogP contribution in [0.2, 0.25) is 0 Å². The van der Waals surface area contributed by atoms with E-state index in [4.69, 9.17) is 4.74 Å². The number of rotatable bonds is 3. The van der Waals surface area contributed by atoms with Gasteiger partial charge in [0.2, 0.25) is 5.88 Å². The zero-order chi connectivity index (χ0) is 15.6. The van der Waals surface area contributed by atoms with Crippen molar-refractivity contribution in [1.29, 1.82) is 0 Å². The van der Waals surface area contributed by atoms with Crippen LogP contribution in [0.25, 0.3) is 0 Å². The van der Waals surface area contributed by atoms with E-state index in [1.165, 1.54) is 5.56 Å². The zero-order valence-electron chi connectivity index (χ0n) is 13.3. The predicted octanol–water partition coefficient (Wildman–Crippen LogP) is 4.53. The average molecular weight is 285 g/mol. The summed E-state index contributed by atoms with van der Waals surface area (Å²) in [4.78, 5) is 4.23. The Morgan fingerprint density at radius 2 is 1.86 bits per heavy atom. The Morgan fingerprint density at radius 3 is 2.33 bits per heavy atom. The smallest absolute Gasteiger partial charge is 0.219 e. The van der Waals surface area contributed by atoms with Crippen molar-refractivity contribution in [2.24, 2.45) is 0 Å². The molecule has 112 valence electrons. The van der Waals surface area contributed by atoms with Crippen LogP contribution in [0.3, 0.4) is 0 Å². The van der Waals surface area contributed by atoms with E-state index in [0.717, 1.165) is 16.9 Å². The largest absolute Gasteiger partial charge is 0.439 e. The number of hydrogen-bond acceptors (Lipinski definition) is 3. The Hall–Kier alpha value is -1.87. The summed E-state index contributed by atoms with van der Waals surface area (Å²) in [5, 5.41) is 9.47. The standard InChI is InChI=1S/C18H23NO2/c1-12-10-15(18(3,4)5)7-8-16(12)21-17-9-6-14(11-19-17)13(2)20/h6-11,13,20H,1-5H3/t13-/m0/s1. The predicted molar refractivity (Wildman–Crippen MR) is 84.8 cm³/mol. The van der Waals surface area contributed by atoms with E-state index in [1.54, 1.807) is 19.2 Å². The van der Waals surface area contributed by atoms with Crippen LogP contribution in [0.15, 0.2) is 36.5 Å². The van der Waals surface area contributed by atoms with E-state index in [0.29, 0.717) is 5.88 Å². The first-order chi connectivity index (χ1) is 9.77. The van der Waals surface area contributed by atoms with Crippen LogP contribution >= 0.6 is 0 Å². The molecule has 2 rings (SSSR count). The van der Waals surface area contributed by atoms with E-state index < -0.39 is 6.10 Å². The average Bonchev–Trinajstić information content (AvgIpc) is 2.40. The molecule has 1 aromatic carbocycles. The van der Waals surface area contributed by atoms with Gasteiger partial charge in [0.1, 0.15) is 5.75 Å². The van der Waals surface area contributed by atoms with Crippen LogP contribution in [0.4, 0.5) is 0 Å². The summed E-state index contributed by atoms with van der Waals surface area (Å²) in [6.45, 7) is 10.3. The Labute approximate surface area is 126 Å². The highest BCUT2D eigenvalue weighted by molar-refractivity contribution is 5.40. The highest BCUT2D eigenvalue weighted by Crippen LogP contribution is 2.29. The molecule has 0 saturated heterocycles. The minimum Gasteiger partial charge on any atom is -0.439 e. The molecule has 2 aromatic rings. The van der Waals surface area contributed by atoms with E-state index in [-0.39, 0.29) is 5.41 Å². The van der Waals surface area contributed by atoms with Crippen LogP contribution in [0.5, 0.6) is 11.6 Å². The van der Waals surface area contributed by atoms with E-state index >= 15 is 0 Å². The molecule has 1 N–H and O–H groups in total. The quantitative estimate of drug-likeness (QED) is 0.900. The van der Waals surface area contributed by atoms with Crippen LogP contribution < -0.4 is 4.74 Å². The summed E-state index contributed by atoms with van der Waals surface area (Å²) in [6.07, 6.45) is 1.12. The van der Waals surface area contributed by atoms with Gasteiger partial charge in [0.15, 0.2) is 0 Å². The van der Waals surface area contributed by atoms with Gasteiger partial charge in [0.05, 0.1) is 6.10 Å². The minimum atomic E-state index is -0.514. The molecule has 1 atom stereocenters. The highest BCUT2D eigenvalue weighted by Gasteiger charge is 2.15. The van der Waals surface area contributed by atoms with E-state index in [9.17, 15) is 5.11 Å². The van der Waals surface area contributed by atoms with Gasteiger partial charge in [0, 0.05) is 12.3 Å². The fraction of sp³-hybridized carbons (Fsp3) is 0.389. The van der Waals surface area contributed by atoms with Gasteiger partial charge in [-0.2, -0.15) is 0 Å². The number of aliphatic hydroxyl groups is 1. The minimum absolute atomic E-state index is 0.125. The van der Waals surface area contributed by atoms with Crippen LogP contribution in [0, 0.1) is 6.92 Å². The summed E-state index contributed by atoms with van der Waals surface area (Å²) in [5.41, 5.74) is 3.27. The monoisotopic (exact) mass is 285 g/mol. The number of nitrogens with zero attached hydrogens (tertiary/aromatic N) is 1. The van der Waals surface area contributed by atoms with Gasteiger partial charge in [-0.1, -0.05) is 32.9 Å². The SMILES string of the molecule is Cc1cc(C(C)(C)C)ccc1Oc1ccc([C@H](C)O)cn1. The summed E-state index contributed by atoms with van der Waals surface area (Å²) in [7, 11) is 0. The van der Waals surface area contributed by atoms with Gasteiger partial charge in [0.25, 0.3) is 0 Å². The number of hydrogen-bond donors (Lipinski definition) is 1. The van der Waals surface area contributed by atoms with Crippen molar-refractivity contribution in [3.8, 4) is 11.6 Å². The molecule has 0 aliphatic heterocycles. The molecule has 0 spiro atoms. The van der Waals surface area contributed by atoms with Crippen LogP contribution in [0.1, 0.15) is 50.5 Å². The third-order valence-corrected chi connectivity index (χ3v) is 3.50. The van der Waals surface area contributed by atoms with Crippen LogP contribution in [-0.2, 0) is 5.41 Å². The van der Waals surface area contributed by atoms with Crippen molar-refractivity contribution in [3.05, 3.63) is 53.2 Å². The van der Waals surface area contributed by atoms with E-state index in [2.05, 4.69) is 37.9 Å². The van der Waals surface area contributed by atoms with Gasteiger partial charge in [-0.15, -0.1) is 0 Å². The van der Waals surface area contributed by atoms with Crippen molar-refractivity contribution < 1.29 is 9.84 Å². The third-order valence-electron chi connectivity index (χ3n) is 3.50. The zero-order valence-corrected chi connectivity index (χ0v) is 13.3. The lowest BCUT2D eigenvalue weighted by molar-refractivity contribution is 0.198. The maximum absolute atomic E-state index is 9.47. The Balaban J connectivity index is 2.20. The first-order valence-electron chi connectivity index (χ1n) is 7.20. The van der Waals surface area contributed by atoms with Gasteiger partial charge in [-0.05, 0) is 48.1 Å². The molecule has 0 aliphatic carbocycles. The molecular formula is C18H23NO2. The van der Waals surface area contributed by atoms with Gasteiger partial charge >= 0.3 is 0 Å². The molecule has 3 heteroatoms. The molecule has 1 heterocycles. The molecule has 0 bridgehead atoms. The van der Waals surface area contributed by atoms with Crippen LogP contribution in [-0.4, -0.2) is 10.1 Å². The second-order valence-electron chi connectivity index (χ2n) is 6.44. The number of benzene rings is 1. The normalized spacial score (nSPS) is 13.0. The van der Waals surface area contributed by atoms with Crippen molar-refractivity contribution in [2.45, 2.75) is 46.1 Å². The molecular weight excluding hydrogens is 262 g/mol. The number of pyridine rings is 1. The molecule has 0 unspecified atom stereocenters. The fourth-order valence-electron chi connectivity index (χ4n) is 2.04. The first kappa shape index (κ1) is 15.5. The summed E-state index contributed by atoms with van der Waals surface area (Å²) >= 11 is 0. The lowest BCUT2D eigenvalue weighted by atomic mass is 9.86. The van der Waals surface area contributed by atoms with Crippen molar-refractivity contribution in [1.82, 2.24) is 4.98 Å². The molecule has 21 heavy (non-hydrogen) atoms. The maximum Gasteiger partial charge on any atom is 0.219 e. The number of aromatic nitrogens is 1. The Morgan fingerprint density at radius 1 is 1.14 bits per heavy atom. The molecule has 0 aliphatic rings. The lowest BCUT2D eigenvalue weighted by Crippen LogP contribution is -2.11. The number of aryl methyl sites for hydroxylation is 1. The second kappa shape index (κ2) is 5.86. The van der Waals surface area contributed by atoms with Gasteiger partial charge in [-0.25, -0.2) is 4.98 Å². The molecule has 3 nitrogen and oxygen atoms in total. The van der Waals surface area contributed by atoms with Crippen molar-refractivity contribution in [2.75, 3.05) is 0 Å².